The minimum absolute atomic E-state index is 0.0613. The highest BCUT2D eigenvalue weighted by atomic mass is 16.3. The van der Waals surface area contributed by atoms with Gasteiger partial charge in [0, 0.05) is 18.5 Å². The van der Waals surface area contributed by atoms with Crippen molar-refractivity contribution in [3.63, 3.8) is 0 Å². The topological polar surface area (TPSA) is 23.5 Å². The highest BCUT2D eigenvalue weighted by Gasteiger charge is 2.49. The maximum Gasteiger partial charge on any atom is 0.121 e. The Bertz CT molecular complexity index is 220. The predicted octanol–water partition coefficient (Wildman–Crippen LogP) is 2.25. The molecule has 2 heteroatoms. The molecule has 1 fully saturated rings. The van der Waals surface area contributed by atoms with Gasteiger partial charge in [0.1, 0.15) is 5.72 Å². The number of aliphatic hydroxyl groups is 1. The molecule has 82 valence electrons. The maximum atomic E-state index is 10.5. The minimum Gasteiger partial charge on any atom is -0.375 e. The Labute approximate surface area is 87.6 Å². The lowest BCUT2D eigenvalue weighted by atomic mass is 9.67. The summed E-state index contributed by atoms with van der Waals surface area (Å²) in [6.07, 6.45) is 3.01. The lowest BCUT2D eigenvalue weighted by molar-refractivity contribution is -0.209. The van der Waals surface area contributed by atoms with E-state index < -0.39 is 5.72 Å². The first-order chi connectivity index (χ1) is 6.34. The first-order valence-corrected chi connectivity index (χ1v) is 5.42. The molecule has 1 N–H and O–H groups in total. The molecule has 2 atom stereocenters. The van der Waals surface area contributed by atoms with Crippen LogP contribution in [-0.4, -0.2) is 28.8 Å². The Kier molecular flexibility index (Phi) is 3.07. The molecule has 0 amide bonds. The Morgan fingerprint density at radius 3 is 2.57 bits per heavy atom. The molecule has 1 heterocycles. The lowest BCUT2D eigenvalue weighted by Crippen LogP contribution is -2.62. The zero-order valence-electron chi connectivity index (χ0n) is 9.88. The van der Waals surface area contributed by atoms with E-state index in [1.165, 1.54) is 0 Å². The maximum absolute atomic E-state index is 10.5. The molecule has 1 rings (SSSR count). The monoisotopic (exact) mass is 197 g/mol. The van der Waals surface area contributed by atoms with Gasteiger partial charge in [-0.25, -0.2) is 0 Å². The van der Waals surface area contributed by atoms with Gasteiger partial charge in [-0.2, -0.15) is 0 Å². The van der Waals surface area contributed by atoms with E-state index in [-0.39, 0.29) is 5.41 Å². The van der Waals surface area contributed by atoms with Gasteiger partial charge in [0.15, 0.2) is 0 Å². The van der Waals surface area contributed by atoms with Gasteiger partial charge < -0.3 is 5.11 Å². The van der Waals surface area contributed by atoms with Crippen molar-refractivity contribution in [2.24, 2.45) is 11.3 Å². The van der Waals surface area contributed by atoms with Crippen molar-refractivity contribution in [2.75, 3.05) is 13.1 Å². The van der Waals surface area contributed by atoms with Gasteiger partial charge in [0.25, 0.3) is 0 Å². The quantitative estimate of drug-likeness (QED) is 0.686. The number of nitrogens with zero attached hydrogens (tertiary/aromatic N) is 1. The molecule has 1 aliphatic heterocycles. The third-order valence-corrected chi connectivity index (χ3v) is 4.25. The second kappa shape index (κ2) is 3.67. The molecule has 0 saturated carbocycles. The van der Waals surface area contributed by atoms with Crippen molar-refractivity contribution in [3.8, 4) is 0 Å². The Morgan fingerprint density at radius 1 is 1.50 bits per heavy atom. The summed E-state index contributed by atoms with van der Waals surface area (Å²) in [5.41, 5.74) is -0.785. The summed E-state index contributed by atoms with van der Waals surface area (Å²) in [6.45, 7) is 13.9. The summed E-state index contributed by atoms with van der Waals surface area (Å²) in [5.74, 6) is 0.554. The molecule has 0 bridgehead atoms. The molecular formula is C12H23NO. The molecule has 0 aromatic rings. The van der Waals surface area contributed by atoms with Crippen LogP contribution in [0.25, 0.3) is 0 Å². The summed E-state index contributed by atoms with van der Waals surface area (Å²) < 4.78 is 0. The van der Waals surface area contributed by atoms with Crippen LogP contribution in [0.4, 0.5) is 0 Å². The van der Waals surface area contributed by atoms with Crippen LogP contribution in [-0.2, 0) is 0 Å². The number of rotatable bonds is 2. The van der Waals surface area contributed by atoms with E-state index in [1.54, 1.807) is 0 Å². The van der Waals surface area contributed by atoms with Crippen LogP contribution < -0.4 is 0 Å². The normalized spacial score (nSPS) is 38.2. The SMILES string of the molecule is C=CCN1CCC(C)C(C)(C)C1(C)O. The molecule has 2 unspecified atom stereocenters. The molecular weight excluding hydrogens is 174 g/mol. The van der Waals surface area contributed by atoms with E-state index in [4.69, 9.17) is 0 Å². The van der Waals surface area contributed by atoms with Gasteiger partial charge >= 0.3 is 0 Å². The van der Waals surface area contributed by atoms with E-state index >= 15 is 0 Å². The third-order valence-electron chi connectivity index (χ3n) is 4.25. The predicted molar refractivity (Wildman–Crippen MR) is 60.0 cm³/mol. The van der Waals surface area contributed by atoms with Crippen molar-refractivity contribution in [2.45, 2.75) is 39.8 Å². The third kappa shape index (κ3) is 1.61. The van der Waals surface area contributed by atoms with Crippen LogP contribution in [0.15, 0.2) is 12.7 Å². The van der Waals surface area contributed by atoms with Crippen molar-refractivity contribution in [1.29, 1.82) is 0 Å². The molecule has 1 saturated heterocycles. The Hall–Kier alpha value is -0.340. The highest BCUT2D eigenvalue weighted by molar-refractivity contribution is 4.98. The molecule has 0 radical (unpaired) electrons. The van der Waals surface area contributed by atoms with Gasteiger partial charge in [-0.1, -0.05) is 26.8 Å². The first kappa shape index (κ1) is 11.7. The molecule has 0 aromatic carbocycles. The second-order valence-electron chi connectivity index (χ2n) is 5.17. The Morgan fingerprint density at radius 2 is 2.07 bits per heavy atom. The first-order valence-electron chi connectivity index (χ1n) is 5.42. The zero-order valence-corrected chi connectivity index (χ0v) is 9.88. The van der Waals surface area contributed by atoms with Crippen LogP contribution in [0.2, 0.25) is 0 Å². The van der Waals surface area contributed by atoms with E-state index in [0.29, 0.717) is 5.92 Å². The number of hydrogen-bond donors (Lipinski definition) is 1. The van der Waals surface area contributed by atoms with Crippen LogP contribution in [0.1, 0.15) is 34.1 Å². The van der Waals surface area contributed by atoms with Gasteiger partial charge in [-0.15, -0.1) is 6.58 Å². The molecule has 14 heavy (non-hydrogen) atoms. The van der Waals surface area contributed by atoms with Gasteiger partial charge in [-0.3, -0.25) is 4.90 Å². The van der Waals surface area contributed by atoms with Gasteiger partial charge in [0.05, 0.1) is 0 Å². The lowest BCUT2D eigenvalue weighted by Gasteiger charge is -2.54. The summed E-state index contributed by atoms with van der Waals surface area (Å²) >= 11 is 0. The van der Waals surface area contributed by atoms with Crippen LogP contribution in [0.3, 0.4) is 0 Å². The van der Waals surface area contributed by atoms with E-state index in [0.717, 1.165) is 19.5 Å². The summed E-state index contributed by atoms with van der Waals surface area (Å²) in [6, 6.07) is 0. The fraction of sp³-hybridized carbons (Fsp3) is 0.833. The average molecular weight is 197 g/mol. The van der Waals surface area contributed by atoms with Gasteiger partial charge in [-0.05, 0) is 19.3 Å². The van der Waals surface area contributed by atoms with Crippen LogP contribution >= 0.6 is 0 Å². The summed E-state index contributed by atoms with van der Waals surface area (Å²) in [4.78, 5) is 2.11. The van der Waals surface area contributed by atoms with E-state index in [2.05, 4.69) is 32.3 Å². The van der Waals surface area contributed by atoms with Crippen molar-refractivity contribution in [3.05, 3.63) is 12.7 Å². The Balaban J connectivity index is 2.90. The van der Waals surface area contributed by atoms with Crippen molar-refractivity contribution < 1.29 is 5.11 Å². The fourth-order valence-corrected chi connectivity index (χ4v) is 2.23. The standard InChI is InChI=1S/C12H23NO/c1-6-8-13-9-7-10(2)11(3,4)12(13,5)14/h6,10,14H,1,7-9H2,2-5H3. The number of hydrogen-bond acceptors (Lipinski definition) is 2. The highest BCUT2D eigenvalue weighted by Crippen LogP contribution is 2.45. The smallest absolute Gasteiger partial charge is 0.121 e. The van der Waals surface area contributed by atoms with Crippen LogP contribution in [0, 0.1) is 11.3 Å². The number of piperidine rings is 1. The molecule has 0 aliphatic carbocycles. The van der Waals surface area contributed by atoms with Gasteiger partial charge in [0.2, 0.25) is 0 Å². The molecule has 2 nitrogen and oxygen atoms in total. The van der Waals surface area contributed by atoms with E-state index in [9.17, 15) is 5.11 Å². The second-order valence-corrected chi connectivity index (χ2v) is 5.17. The summed E-state index contributed by atoms with van der Waals surface area (Å²) in [7, 11) is 0. The molecule has 0 spiro atoms. The van der Waals surface area contributed by atoms with E-state index in [1.807, 2.05) is 13.0 Å². The largest absolute Gasteiger partial charge is 0.375 e. The van der Waals surface area contributed by atoms with Crippen molar-refractivity contribution >= 4 is 0 Å². The van der Waals surface area contributed by atoms with Crippen molar-refractivity contribution in [1.82, 2.24) is 4.90 Å². The average Bonchev–Trinajstić information content (AvgIpc) is 2.08. The molecule has 1 aliphatic rings. The number of likely N-dealkylation sites (tertiary alicyclic amines) is 1. The molecule has 0 aromatic heterocycles. The summed E-state index contributed by atoms with van der Waals surface area (Å²) in [5, 5.41) is 10.5. The minimum atomic E-state index is -0.723. The fourth-order valence-electron chi connectivity index (χ4n) is 2.23. The van der Waals surface area contributed by atoms with Crippen LogP contribution in [0.5, 0.6) is 0 Å². The zero-order chi connectivity index (χ0) is 11.0.